The average molecular weight is 265 g/mol. The van der Waals surface area contributed by atoms with Gasteiger partial charge in [0.1, 0.15) is 5.69 Å². The minimum Gasteiger partial charge on any atom is -0.382 e. The minimum absolute atomic E-state index is 0.0455. The zero-order valence-corrected chi connectivity index (χ0v) is 11.6. The summed E-state index contributed by atoms with van der Waals surface area (Å²) in [5.41, 5.74) is 0.363. The van der Waals surface area contributed by atoms with Gasteiger partial charge < -0.3 is 10.6 Å². The Morgan fingerprint density at radius 1 is 1.37 bits per heavy atom. The van der Waals surface area contributed by atoms with E-state index in [2.05, 4.69) is 10.6 Å². The number of benzene rings is 1. The standard InChI is InChI=1S/C13H19N3O3/c1-13(2,3)8-15-12(17)9-6-5-7-10(16(18)19)11(9)14-4/h5-7,14H,8H2,1-4H3,(H,15,17). The molecule has 0 aliphatic rings. The fourth-order valence-electron chi connectivity index (χ4n) is 1.58. The predicted octanol–water partition coefficient (Wildman–Crippen LogP) is 2.41. The summed E-state index contributed by atoms with van der Waals surface area (Å²) in [5, 5.41) is 16.4. The monoisotopic (exact) mass is 265 g/mol. The van der Waals surface area contributed by atoms with Gasteiger partial charge in [-0.1, -0.05) is 26.8 Å². The number of nitro benzene ring substituents is 1. The highest BCUT2D eigenvalue weighted by atomic mass is 16.6. The number of nitro groups is 1. The lowest BCUT2D eigenvalue weighted by molar-refractivity contribution is -0.384. The van der Waals surface area contributed by atoms with Crippen molar-refractivity contribution in [2.24, 2.45) is 5.41 Å². The summed E-state index contributed by atoms with van der Waals surface area (Å²) < 4.78 is 0. The lowest BCUT2D eigenvalue weighted by atomic mass is 9.97. The van der Waals surface area contributed by atoms with Gasteiger partial charge in [-0.3, -0.25) is 14.9 Å². The van der Waals surface area contributed by atoms with Crippen LogP contribution in [0.1, 0.15) is 31.1 Å². The van der Waals surface area contributed by atoms with Crippen LogP contribution in [-0.2, 0) is 0 Å². The van der Waals surface area contributed by atoms with Gasteiger partial charge in [0, 0.05) is 19.7 Å². The number of amides is 1. The van der Waals surface area contributed by atoms with Crippen LogP contribution in [0, 0.1) is 15.5 Å². The molecule has 0 unspecified atom stereocenters. The van der Waals surface area contributed by atoms with Crippen LogP contribution >= 0.6 is 0 Å². The first-order valence-electron chi connectivity index (χ1n) is 5.99. The molecule has 6 nitrogen and oxygen atoms in total. The normalized spacial score (nSPS) is 10.9. The second-order valence-electron chi connectivity index (χ2n) is 5.45. The third-order valence-corrected chi connectivity index (χ3v) is 2.51. The number of nitrogens with one attached hydrogen (secondary N) is 2. The molecule has 0 atom stereocenters. The van der Waals surface area contributed by atoms with Gasteiger partial charge >= 0.3 is 0 Å². The predicted molar refractivity (Wildman–Crippen MR) is 74.4 cm³/mol. The molecule has 0 saturated carbocycles. The maximum absolute atomic E-state index is 12.1. The number of hydrogen-bond acceptors (Lipinski definition) is 4. The molecule has 1 rings (SSSR count). The molecule has 1 aromatic carbocycles. The third kappa shape index (κ3) is 3.94. The van der Waals surface area contributed by atoms with Crippen molar-refractivity contribution >= 4 is 17.3 Å². The van der Waals surface area contributed by atoms with E-state index in [1.54, 1.807) is 13.1 Å². The van der Waals surface area contributed by atoms with Crippen LogP contribution < -0.4 is 10.6 Å². The molecule has 0 aliphatic heterocycles. The van der Waals surface area contributed by atoms with Crippen LogP contribution in [0.5, 0.6) is 0 Å². The molecular weight excluding hydrogens is 246 g/mol. The molecular formula is C13H19N3O3. The lowest BCUT2D eigenvalue weighted by Gasteiger charge is -2.19. The topological polar surface area (TPSA) is 84.3 Å². The van der Waals surface area contributed by atoms with Crippen LogP contribution in [0.2, 0.25) is 0 Å². The Kier molecular flexibility index (Phi) is 4.47. The van der Waals surface area contributed by atoms with Crippen LogP contribution in [0.25, 0.3) is 0 Å². The second kappa shape index (κ2) is 5.69. The van der Waals surface area contributed by atoms with Gasteiger partial charge in [-0.05, 0) is 11.5 Å². The van der Waals surface area contributed by atoms with Crippen LogP contribution in [0.3, 0.4) is 0 Å². The van der Waals surface area contributed by atoms with Gasteiger partial charge in [0.25, 0.3) is 11.6 Å². The van der Waals surface area contributed by atoms with Crippen molar-refractivity contribution in [1.82, 2.24) is 5.32 Å². The Labute approximate surface area is 112 Å². The summed E-state index contributed by atoms with van der Waals surface area (Å²) in [6, 6.07) is 4.44. The first kappa shape index (κ1) is 14.9. The molecule has 19 heavy (non-hydrogen) atoms. The quantitative estimate of drug-likeness (QED) is 0.646. The summed E-state index contributed by atoms with van der Waals surface area (Å²) in [4.78, 5) is 22.5. The Bertz CT molecular complexity index is 492. The molecule has 0 aliphatic carbocycles. The number of anilines is 1. The summed E-state index contributed by atoms with van der Waals surface area (Å²) in [6.07, 6.45) is 0. The van der Waals surface area contributed by atoms with E-state index in [9.17, 15) is 14.9 Å². The molecule has 1 aromatic rings. The number of hydrogen-bond donors (Lipinski definition) is 2. The third-order valence-electron chi connectivity index (χ3n) is 2.51. The number of rotatable bonds is 4. The molecule has 1 amide bonds. The van der Waals surface area contributed by atoms with Crippen LogP contribution in [0.4, 0.5) is 11.4 Å². The number of carbonyl (C=O) groups is 1. The van der Waals surface area contributed by atoms with E-state index in [1.807, 2.05) is 20.8 Å². The van der Waals surface area contributed by atoms with Crippen LogP contribution in [-0.4, -0.2) is 24.4 Å². The highest BCUT2D eigenvalue weighted by molar-refractivity contribution is 6.01. The molecule has 0 spiro atoms. The summed E-state index contributed by atoms with van der Waals surface area (Å²) in [6.45, 7) is 6.50. The van der Waals surface area contributed by atoms with Crippen molar-refractivity contribution in [3.8, 4) is 0 Å². The van der Waals surface area contributed by atoms with E-state index in [0.29, 0.717) is 6.54 Å². The zero-order valence-electron chi connectivity index (χ0n) is 11.6. The fraction of sp³-hybridized carbons (Fsp3) is 0.462. The van der Waals surface area contributed by atoms with Crippen molar-refractivity contribution in [3.05, 3.63) is 33.9 Å². The molecule has 0 heterocycles. The maximum atomic E-state index is 12.1. The van der Waals surface area contributed by atoms with Crippen molar-refractivity contribution in [2.45, 2.75) is 20.8 Å². The number of para-hydroxylation sites is 1. The minimum atomic E-state index is -0.508. The fourth-order valence-corrected chi connectivity index (χ4v) is 1.58. The van der Waals surface area contributed by atoms with Crippen molar-refractivity contribution in [3.63, 3.8) is 0 Å². The zero-order chi connectivity index (χ0) is 14.6. The van der Waals surface area contributed by atoms with E-state index in [0.717, 1.165) is 0 Å². The van der Waals surface area contributed by atoms with Gasteiger partial charge in [-0.15, -0.1) is 0 Å². The Morgan fingerprint density at radius 3 is 2.47 bits per heavy atom. The Balaban J connectivity index is 3.03. The molecule has 0 saturated heterocycles. The molecule has 104 valence electrons. The molecule has 6 heteroatoms. The summed E-state index contributed by atoms with van der Waals surface area (Å²) >= 11 is 0. The number of carbonyl (C=O) groups excluding carboxylic acids is 1. The molecule has 2 N–H and O–H groups in total. The molecule has 0 bridgehead atoms. The first-order chi connectivity index (χ1) is 8.76. The average Bonchev–Trinajstić information content (AvgIpc) is 2.33. The smallest absolute Gasteiger partial charge is 0.293 e. The highest BCUT2D eigenvalue weighted by Crippen LogP contribution is 2.27. The maximum Gasteiger partial charge on any atom is 0.293 e. The lowest BCUT2D eigenvalue weighted by Crippen LogP contribution is -2.32. The molecule has 0 radical (unpaired) electrons. The van der Waals surface area contributed by atoms with Crippen molar-refractivity contribution in [1.29, 1.82) is 0 Å². The second-order valence-corrected chi connectivity index (χ2v) is 5.45. The molecule has 0 fully saturated rings. The van der Waals surface area contributed by atoms with E-state index in [-0.39, 0.29) is 28.3 Å². The van der Waals surface area contributed by atoms with Gasteiger partial charge in [0.2, 0.25) is 0 Å². The largest absolute Gasteiger partial charge is 0.382 e. The highest BCUT2D eigenvalue weighted by Gasteiger charge is 2.21. The van der Waals surface area contributed by atoms with Crippen molar-refractivity contribution in [2.75, 3.05) is 18.9 Å². The van der Waals surface area contributed by atoms with Gasteiger partial charge in [0.05, 0.1) is 10.5 Å². The van der Waals surface area contributed by atoms with Gasteiger partial charge in [0.15, 0.2) is 0 Å². The SMILES string of the molecule is CNc1c(C(=O)NCC(C)(C)C)cccc1[N+](=O)[O-]. The van der Waals surface area contributed by atoms with Gasteiger partial charge in [-0.25, -0.2) is 0 Å². The van der Waals surface area contributed by atoms with Crippen molar-refractivity contribution < 1.29 is 9.72 Å². The van der Waals surface area contributed by atoms with E-state index >= 15 is 0 Å². The summed E-state index contributed by atoms with van der Waals surface area (Å²) in [5.74, 6) is -0.317. The Hall–Kier alpha value is -2.11. The summed E-state index contributed by atoms with van der Waals surface area (Å²) in [7, 11) is 1.56. The van der Waals surface area contributed by atoms with Gasteiger partial charge in [-0.2, -0.15) is 0 Å². The van der Waals surface area contributed by atoms with E-state index in [1.165, 1.54) is 12.1 Å². The first-order valence-corrected chi connectivity index (χ1v) is 5.99. The number of nitrogens with zero attached hydrogens (tertiary/aromatic N) is 1. The van der Waals surface area contributed by atoms with Crippen LogP contribution in [0.15, 0.2) is 18.2 Å². The Morgan fingerprint density at radius 2 is 2.00 bits per heavy atom. The van der Waals surface area contributed by atoms with E-state index < -0.39 is 4.92 Å². The van der Waals surface area contributed by atoms with E-state index in [4.69, 9.17) is 0 Å². The molecule has 0 aromatic heterocycles.